The fourth-order valence-electron chi connectivity index (χ4n) is 3.53. The van der Waals surface area contributed by atoms with Crippen LogP contribution in [0.4, 0.5) is 4.39 Å². The summed E-state index contributed by atoms with van der Waals surface area (Å²) in [4.78, 5) is 24.2. The molecule has 1 aromatic carbocycles. The first-order chi connectivity index (χ1) is 12.3. The number of rotatable bonds is 4. The van der Waals surface area contributed by atoms with Crippen molar-refractivity contribution in [2.24, 2.45) is 0 Å². The van der Waals surface area contributed by atoms with Gasteiger partial charge in [-0.25, -0.2) is 13.9 Å². The molecule has 6 nitrogen and oxygen atoms in total. The number of halogens is 1. The first-order valence-electron chi connectivity index (χ1n) is 8.71. The van der Waals surface area contributed by atoms with Gasteiger partial charge < -0.3 is 10.4 Å². The molecule has 1 aliphatic rings. The summed E-state index contributed by atoms with van der Waals surface area (Å²) >= 11 is 0. The van der Waals surface area contributed by atoms with Gasteiger partial charge in [0, 0.05) is 11.3 Å². The van der Waals surface area contributed by atoms with Gasteiger partial charge in [0.2, 0.25) is 0 Å². The van der Waals surface area contributed by atoms with E-state index in [0.29, 0.717) is 12.8 Å². The normalized spacial score (nSPS) is 16.3. The molecule has 1 saturated carbocycles. The fourth-order valence-corrected chi connectivity index (χ4v) is 3.53. The number of amides is 1. The van der Waals surface area contributed by atoms with Crippen molar-refractivity contribution < 1.29 is 19.1 Å². The molecule has 0 spiro atoms. The number of carbonyl (C=O) groups is 2. The molecular formula is C19H22FN3O3. The predicted molar refractivity (Wildman–Crippen MR) is 93.9 cm³/mol. The number of benzene rings is 1. The minimum Gasteiger partial charge on any atom is -0.480 e. The lowest BCUT2D eigenvalue weighted by atomic mass is 9.81. The first kappa shape index (κ1) is 18.1. The monoisotopic (exact) mass is 359 g/mol. The zero-order valence-corrected chi connectivity index (χ0v) is 14.9. The molecule has 7 heteroatoms. The van der Waals surface area contributed by atoms with Crippen LogP contribution in [0.1, 0.15) is 53.8 Å². The van der Waals surface area contributed by atoms with Crippen LogP contribution in [0.5, 0.6) is 0 Å². The maximum absolute atomic E-state index is 14.6. The smallest absolute Gasteiger partial charge is 0.329 e. The third-order valence-corrected chi connectivity index (χ3v) is 4.92. The molecule has 26 heavy (non-hydrogen) atoms. The maximum atomic E-state index is 14.6. The number of hydrogen-bond donors (Lipinski definition) is 2. The quantitative estimate of drug-likeness (QED) is 0.878. The number of aromatic nitrogens is 2. The van der Waals surface area contributed by atoms with Gasteiger partial charge >= 0.3 is 5.97 Å². The van der Waals surface area contributed by atoms with Crippen LogP contribution in [0.25, 0.3) is 5.69 Å². The number of nitrogens with one attached hydrogen (secondary N) is 1. The van der Waals surface area contributed by atoms with Gasteiger partial charge in [-0.05, 0) is 51.0 Å². The summed E-state index contributed by atoms with van der Waals surface area (Å²) in [7, 11) is 0. The Balaban J connectivity index is 1.85. The van der Waals surface area contributed by atoms with Crippen LogP contribution in [0, 0.1) is 19.7 Å². The minimum atomic E-state index is -1.26. The van der Waals surface area contributed by atoms with Crippen molar-refractivity contribution in [2.75, 3.05) is 0 Å². The fraction of sp³-hybridized carbons (Fsp3) is 0.421. The van der Waals surface area contributed by atoms with Crippen molar-refractivity contribution in [1.29, 1.82) is 0 Å². The summed E-state index contributed by atoms with van der Waals surface area (Å²) in [6, 6.07) is 5.93. The second-order valence-electron chi connectivity index (χ2n) is 6.91. The van der Waals surface area contributed by atoms with E-state index in [1.807, 2.05) is 19.9 Å². The lowest BCUT2D eigenvalue weighted by Gasteiger charge is -2.34. The molecule has 1 aromatic heterocycles. The Bertz CT molecular complexity index is 854. The predicted octanol–water partition coefficient (Wildman–Crippen LogP) is 3.15. The van der Waals surface area contributed by atoms with Gasteiger partial charge in [0.15, 0.2) is 0 Å². The van der Waals surface area contributed by atoms with E-state index < -0.39 is 23.2 Å². The number of carboxylic acid groups (broad SMARTS) is 1. The van der Waals surface area contributed by atoms with Crippen LogP contribution >= 0.6 is 0 Å². The molecule has 1 amide bonds. The van der Waals surface area contributed by atoms with Gasteiger partial charge in [-0.3, -0.25) is 4.79 Å². The van der Waals surface area contributed by atoms with E-state index in [0.717, 1.165) is 36.7 Å². The zero-order valence-electron chi connectivity index (χ0n) is 14.9. The molecule has 2 N–H and O–H groups in total. The van der Waals surface area contributed by atoms with E-state index in [1.54, 1.807) is 0 Å². The molecular weight excluding hydrogens is 337 g/mol. The van der Waals surface area contributed by atoms with Crippen molar-refractivity contribution in [3.8, 4) is 5.69 Å². The molecule has 0 aliphatic heterocycles. The molecule has 0 saturated heterocycles. The summed E-state index contributed by atoms with van der Waals surface area (Å²) in [6.45, 7) is 3.64. The number of hydrogen-bond acceptors (Lipinski definition) is 3. The maximum Gasteiger partial charge on any atom is 0.329 e. The van der Waals surface area contributed by atoms with Gasteiger partial charge in [-0.1, -0.05) is 19.3 Å². The van der Waals surface area contributed by atoms with E-state index in [2.05, 4.69) is 10.4 Å². The van der Waals surface area contributed by atoms with Gasteiger partial charge in [0.05, 0.1) is 5.69 Å². The Hall–Kier alpha value is -2.70. The van der Waals surface area contributed by atoms with E-state index in [-0.39, 0.29) is 11.3 Å². The summed E-state index contributed by atoms with van der Waals surface area (Å²) in [5.74, 6) is -2.20. The average Bonchev–Trinajstić information content (AvgIpc) is 2.93. The van der Waals surface area contributed by atoms with Crippen molar-refractivity contribution >= 4 is 11.9 Å². The standard InChI is InChI=1S/C19H22FN3O3/c1-12-10-13(2)23(22-12)16-7-6-14(11-15(16)20)17(24)21-19(18(25)26)8-4-3-5-9-19/h6-7,10-11H,3-5,8-9H2,1-2H3,(H,21,24)(H,25,26). The van der Waals surface area contributed by atoms with E-state index in [9.17, 15) is 19.1 Å². The number of carboxylic acids is 1. The topological polar surface area (TPSA) is 84.2 Å². The number of aryl methyl sites for hydroxylation is 2. The van der Waals surface area contributed by atoms with E-state index >= 15 is 0 Å². The average molecular weight is 359 g/mol. The molecule has 0 bridgehead atoms. The number of aliphatic carboxylic acids is 1. The molecule has 0 unspecified atom stereocenters. The Kier molecular flexibility index (Phi) is 4.80. The minimum absolute atomic E-state index is 0.0963. The van der Waals surface area contributed by atoms with Gasteiger partial charge in [0.25, 0.3) is 5.91 Å². The van der Waals surface area contributed by atoms with Crippen LogP contribution in [-0.4, -0.2) is 32.3 Å². The van der Waals surface area contributed by atoms with Crippen LogP contribution in [0.3, 0.4) is 0 Å². The third-order valence-electron chi connectivity index (χ3n) is 4.92. The highest BCUT2D eigenvalue weighted by molar-refractivity contribution is 5.98. The Morgan fingerprint density at radius 1 is 1.19 bits per heavy atom. The lowest BCUT2D eigenvalue weighted by Crippen LogP contribution is -2.55. The summed E-state index contributed by atoms with van der Waals surface area (Å²) in [5.41, 5.74) is 0.631. The van der Waals surface area contributed by atoms with Crippen molar-refractivity contribution in [2.45, 2.75) is 51.5 Å². The van der Waals surface area contributed by atoms with Crippen molar-refractivity contribution in [3.05, 3.63) is 47.0 Å². The summed E-state index contributed by atoms with van der Waals surface area (Å²) in [5, 5.41) is 16.4. The second-order valence-corrected chi connectivity index (χ2v) is 6.91. The third kappa shape index (κ3) is 3.34. The van der Waals surface area contributed by atoms with E-state index in [1.165, 1.54) is 16.8 Å². The summed E-state index contributed by atoms with van der Waals surface area (Å²) < 4.78 is 16.0. The molecule has 138 valence electrons. The first-order valence-corrected chi connectivity index (χ1v) is 8.71. The second kappa shape index (κ2) is 6.90. The molecule has 0 radical (unpaired) electrons. The largest absolute Gasteiger partial charge is 0.480 e. The molecule has 2 aromatic rings. The van der Waals surface area contributed by atoms with Gasteiger partial charge in [0.1, 0.15) is 17.0 Å². The molecule has 1 aliphatic carbocycles. The molecule has 1 heterocycles. The number of carbonyl (C=O) groups excluding carboxylic acids is 1. The van der Waals surface area contributed by atoms with Crippen LogP contribution in [0.2, 0.25) is 0 Å². The SMILES string of the molecule is Cc1cc(C)n(-c2ccc(C(=O)NC3(C(=O)O)CCCCC3)cc2F)n1. The van der Waals surface area contributed by atoms with Crippen LogP contribution in [-0.2, 0) is 4.79 Å². The van der Waals surface area contributed by atoms with E-state index in [4.69, 9.17) is 0 Å². The molecule has 3 rings (SSSR count). The van der Waals surface area contributed by atoms with Gasteiger partial charge in [-0.15, -0.1) is 0 Å². The van der Waals surface area contributed by atoms with Crippen LogP contribution in [0.15, 0.2) is 24.3 Å². The van der Waals surface area contributed by atoms with Crippen LogP contribution < -0.4 is 5.32 Å². The summed E-state index contributed by atoms with van der Waals surface area (Å²) in [6.07, 6.45) is 3.23. The zero-order chi connectivity index (χ0) is 18.9. The Morgan fingerprint density at radius 2 is 1.88 bits per heavy atom. The van der Waals surface area contributed by atoms with Crippen molar-refractivity contribution in [1.82, 2.24) is 15.1 Å². The molecule has 1 fully saturated rings. The highest BCUT2D eigenvalue weighted by Crippen LogP contribution is 2.29. The number of nitrogens with zero attached hydrogens (tertiary/aromatic N) is 2. The Labute approximate surface area is 151 Å². The van der Waals surface area contributed by atoms with Crippen molar-refractivity contribution in [3.63, 3.8) is 0 Å². The molecule has 0 atom stereocenters. The highest BCUT2D eigenvalue weighted by Gasteiger charge is 2.41. The Morgan fingerprint density at radius 3 is 2.42 bits per heavy atom. The highest BCUT2D eigenvalue weighted by atomic mass is 19.1. The lowest BCUT2D eigenvalue weighted by molar-refractivity contribution is -0.145. The van der Waals surface area contributed by atoms with Gasteiger partial charge in [-0.2, -0.15) is 5.10 Å².